The highest BCUT2D eigenvalue weighted by Crippen LogP contribution is 2.17. The fourth-order valence-corrected chi connectivity index (χ4v) is 1.26. The first-order valence-corrected chi connectivity index (χ1v) is 4.50. The van der Waals surface area contributed by atoms with Gasteiger partial charge in [-0.25, -0.2) is 4.39 Å². The number of benzene rings is 1. The van der Waals surface area contributed by atoms with Crippen LogP contribution >= 0.6 is 0 Å². The van der Waals surface area contributed by atoms with Crippen LogP contribution in [0.4, 0.5) is 4.39 Å². The summed E-state index contributed by atoms with van der Waals surface area (Å²) in [5, 5.41) is 0. The molecule has 0 amide bonds. The van der Waals surface area contributed by atoms with Crippen molar-refractivity contribution in [1.29, 1.82) is 0 Å². The normalized spacial score (nSPS) is 10.1. The lowest BCUT2D eigenvalue weighted by Gasteiger charge is -2.04. The summed E-state index contributed by atoms with van der Waals surface area (Å²) < 4.78 is 22.7. The molecule has 0 aliphatic carbocycles. The molecule has 0 fully saturated rings. The molecule has 0 spiro atoms. The number of hydrogen-bond donors (Lipinski definition) is 0. The number of halogens is 1. The number of ketones is 1. The maximum atomic E-state index is 13.2. The third-order valence-electron chi connectivity index (χ3n) is 1.92. The van der Waals surface area contributed by atoms with Gasteiger partial charge in [-0.2, -0.15) is 0 Å². The van der Waals surface area contributed by atoms with E-state index in [2.05, 4.69) is 4.74 Å². The molecule has 0 unspecified atom stereocenters. The van der Waals surface area contributed by atoms with Gasteiger partial charge in [-0.15, -0.1) is 0 Å². The molecule has 15 heavy (non-hydrogen) atoms. The molecular formula is C11H13FO3. The zero-order valence-corrected chi connectivity index (χ0v) is 8.75. The molecule has 1 aromatic carbocycles. The van der Waals surface area contributed by atoms with E-state index in [4.69, 9.17) is 4.74 Å². The Morgan fingerprint density at radius 3 is 2.67 bits per heavy atom. The van der Waals surface area contributed by atoms with Crippen LogP contribution in [-0.4, -0.2) is 26.6 Å². The van der Waals surface area contributed by atoms with Crippen LogP contribution in [0.5, 0.6) is 5.75 Å². The van der Waals surface area contributed by atoms with E-state index in [1.807, 2.05) is 0 Å². The smallest absolute Gasteiger partial charge is 0.165 e. The molecule has 0 aromatic heterocycles. The molecule has 4 heteroatoms. The summed E-state index contributed by atoms with van der Waals surface area (Å²) >= 11 is 0. The third kappa shape index (κ3) is 3.32. The van der Waals surface area contributed by atoms with Gasteiger partial charge in [-0.05, 0) is 17.7 Å². The number of Topliss-reactive ketones (excluding diaryl/α,β-unsaturated/α-hetero) is 1. The predicted octanol–water partition coefficient (Wildman–Crippen LogP) is 1.59. The fourth-order valence-electron chi connectivity index (χ4n) is 1.26. The SMILES string of the molecule is COCC(=O)Cc1ccc(OC)c(F)c1. The summed E-state index contributed by atoms with van der Waals surface area (Å²) in [6.45, 7) is 0.0493. The summed E-state index contributed by atoms with van der Waals surface area (Å²) in [6.07, 6.45) is 0.175. The molecule has 0 aliphatic heterocycles. The molecule has 1 rings (SSSR count). The number of ether oxygens (including phenoxy) is 2. The van der Waals surface area contributed by atoms with Crippen molar-refractivity contribution in [3.8, 4) is 5.75 Å². The lowest BCUT2D eigenvalue weighted by Crippen LogP contribution is -2.09. The lowest BCUT2D eigenvalue weighted by molar-refractivity contribution is -0.121. The Hall–Kier alpha value is -1.42. The quantitative estimate of drug-likeness (QED) is 0.743. The van der Waals surface area contributed by atoms with Crippen molar-refractivity contribution >= 4 is 5.78 Å². The van der Waals surface area contributed by atoms with E-state index >= 15 is 0 Å². The highest BCUT2D eigenvalue weighted by molar-refractivity contribution is 5.82. The Bertz CT molecular complexity index is 350. The van der Waals surface area contributed by atoms with Crippen molar-refractivity contribution in [2.75, 3.05) is 20.8 Å². The first-order chi connectivity index (χ1) is 7.17. The number of carbonyl (C=O) groups excluding carboxylic acids is 1. The molecule has 0 saturated carbocycles. The van der Waals surface area contributed by atoms with E-state index in [0.29, 0.717) is 5.56 Å². The zero-order chi connectivity index (χ0) is 11.3. The summed E-state index contributed by atoms with van der Waals surface area (Å²) in [5.74, 6) is -0.361. The molecule has 0 saturated heterocycles. The van der Waals surface area contributed by atoms with E-state index in [1.54, 1.807) is 6.07 Å². The molecule has 0 atom stereocenters. The van der Waals surface area contributed by atoms with E-state index in [-0.39, 0.29) is 24.6 Å². The minimum Gasteiger partial charge on any atom is -0.494 e. The Morgan fingerprint density at radius 1 is 1.40 bits per heavy atom. The maximum Gasteiger partial charge on any atom is 0.165 e. The second kappa shape index (κ2) is 5.46. The molecule has 3 nitrogen and oxygen atoms in total. The van der Waals surface area contributed by atoms with E-state index in [9.17, 15) is 9.18 Å². The first kappa shape index (κ1) is 11.7. The van der Waals surface area contributed by atoms with Crippen molar-refractivity contribution in [3.05, 3.63) is 29.6 Å². The Kier molecular flexibility index (Phi) is 4.24. The predicted molar refractivity (Wildman–Crippen MR) is 53.5 cm³/mol. The van der Waals surface area contributed by atoms with Crippen LogP contribution in [0.3, 0.4) is 0 Å². The number of methoxy groups -OCH3 is 2. The molecule has 0 aliphatic rings. The topological polar surface area (TPSA) is 35.5 Å². The van der Waals surface area contributed by atoms with Gasteiger partial charge in [0.1, 0.15) is 6.61 Å². The monoisotopic (exact) mass is 212 g/mol. The number of rotatable bonds is 5. The molecular weight excluding hydrogens is 199 g/mol. The van der Waals surface area contributed by atoms with Crippen LogP contribution < -0.4 is 4.74 Å². The first-order valence-electron chi connectivity index (χ1n) is 4.50. The van der Waals surface area contributed by atoms with Gasteiger partial charge in [0.15, 0.2) is 17.3 Å². The third-order valence-corrected chi connectivity index (χ3v) is 1.92. The van der Waals surface area contributed by atoms with Crippen molar-refractivity contribution < 1.29 is 18.7 Å². The van der Waals surface area contributed by atoms with Crippen LogP contribution in [-0.2, 0) is 16.0 Å². The van der Waals surface area contributed by atoms with E-state index in [0.717, 1.165) is 0 Å². The minimum absolute atomic E-state index is 0.0493. The van der Waals surface area contributed by atoms with Gasteiger partial charge in [0.05, 0.1) is 7.11 Å². The van der Waals surface area contributed by atoms with Crippen LogP contribution in [0.15, 0.2) is 18.2 Å². The second-order valence-corrected chi connectivity index (χ2v) is 3.12. The van der Waals surface area contributed by atoms with Crippen molar-refractivity contribution in [2.24, 2.45) is 0 Å². The Balaban J connectivity index is 2.71. The van der Waals surface area contributed by atoms with Gasteiger partial charge < -0.3 is 9.47 Å². The van der Waals surface area contributed by atoms with Gasteiger partial charge in [-0.3, -0.25) is 4.79 Å². The van der Waals surface area contributed by atoms with Crippen LogP contribution in [0.2, 0.25) is 0 Å². The van der Waals surface area contributed by atoms with Crippen molar-refractivity contribution in [2.45, 2.75) is 6.42 Å². The second-order valence-electron chi connectivity index (χ2n) is 3.12. The number of carbonyl (C=O) groups is 1. The minimum atomic E-state index is -0.458. The fraction of sp³-hybridized carbons (Fsp3) is 0.364. The van der Waals surface area contributed by atoms with Crippen LogP contribution in [0, 0.1) is 5.82 Å². The van der Waals surface area contributed by atoms with E-state index in [1.165, 1.54) is 26.4 Å². The van der Waals surface area contributed by atoms with Crippen molar-refractivity contribution in [3.63, 3.8) is 0 Å². The average molecular weight is 212 g/mol. The van der Waals surface area contributed by atoms with Crippen LogP contribution in [0.25, 0.3) is 0 Å². The highest BCUT2D eigenvalue weighted by Gasteiger charge is 2.07. The van der Waals surface area contributed by atoms with Crippen molar-refractivity contribution in [1.82, 2.24) is 0 Å². The maximum absolute atomic E-state index is 13.2. The van der Waals surface area contributed by atoms with Gasteiger partial charge in [0, 0.05) is 13.5 Å². The molecule has 0 N–H and O–H groups in total. The Morgan fingerprint density at radius 2 is 2.13 bits per heavy atom. The zero-order valence-electron chi connectivity index (χ0n) is 8.75. The van der Waals surface area contributed by atoms with E-state index < -0.39 is 5.82 Å². The average Bonchev–Trinajstić information content (AvgIpc) is 2.18. The Labute approximate surface area is 87.8 Å². The standard InChI is InChI=1S/C11H13FO3/c1-14-7-9(13)5-8-3-4-11(15-2)10(12)6-8/h3-4,6H,5,7H2,1-2H3. The van der Waals surface area contributed by atoms with Gasteiger partial charge in [0.25, 0.3) is 0 Å². The summed E-state index contributed by atoms with van der Waals surface area (Å²) in [7, 11) is 2.85. The van der Waals surface area contributed by atoms with Gasteiger partial charge in [-0.1, -0.05) is 6.07 Å². The summed E-state index contributed by atoms with van der Waals surface area (Å²) in [6, 6.07) is 4.46. The summed E-state index contributed by atoms with van der Waals surface area (Å²) in [4.78, 5) is 11.2. The molecule has 82 valence electrons. The van der Waals surface area contributed by atoms with Gasteiger partial charge >= 0.3 is 0 Å². The summed E-state index contributed by atoms with van der Waals surface area (Å²) in [5.41, 5.74) is 0.621. The van der Waals surface area contributed by atoms with Gasteiger partial charge in [0.2, 0.25) is 0 Å². The van der Waals surface area contributed by atoms with Crippen LogP contribution in [0.1, 0.15) is 5.56 Å². The molecule has 0 heterocycles. The highest BCUT2D eigenvalue weighted by atomic mass is 19.1. The number of hydrogen-bond acceptors (Lipinski definition) is 3. The molecule has 0 radical (unpaired) electrons. The molecule has 0 bridgehead atoms. The lowest BCUT2D eigenvalue weighted by atomic mass is 10.1. The largest absolute Gasteiger partial charge is 0.494 e. The molecule has 1 aromatic rings.